The summed E-state index contributed by atoms with van der Waals surface area (Å²) in [6, 6.07) is 7.77. The lowest BCUT2D eigenvalue weighted by molar-refractivity contribution is -0.127. The number of hydrogen-bond donors (Lipinski definition) is 2. The molecule has 2 aliphatic rings. The van der Waals surface area contributed by atoms with Crippen molar-refractivity contribution in [2.24, 2.45) is 11.8 Å². The van der Waals surface area contributed by atoms with Crippen LogP contribution in [0.3, 0.4) is 0 Å². The number of hydrogen-bond acceptors (Lipinski definition) is 4. The van der Waals surface area contributed by atoms with E-state index in [1.54, 1.807) is 7.11 Å². The fraction of sp³-hybridized carbons (Fsp3) is 0.579. The van der Waals surface area contributed by atoms with Gasteiger partial charge in [0, 0.05) is 19.7 Å². The lowest BCUT2D eigenvalue weighted by atomic mass is 10.1. The highest BCUT2D eigenvalue weighted by atomic mass is 16.5. The van der Waals surface area contributed by atoms with Crippen molar-refractivity contribution in [3.63, 3.8) is 0 Å². The van der Waals surface area contributed by atoms with Crippen molar-refractivity contribution in [3.05, 3.63) is 29.8 Å². The van der Waals surface area contributed by atoms with E-state index in [2.05, 4.69) is 10.6 Å². The first kappa shape index (κ1) is 17.7. The van der Waals surface area contributed by atoms with E-state index in [-0.39, 0.29) is 29.8 Å². The minimum absolute atomic E-state index is 0.0274. The smallest absolute Gasteiger partial charge is 0.224 e. The van der Waals surface area contributed by atoms with Crippen LogP contribution in [0.4, 0.5) is 0 Å². The molecule has 2 fully saturated rings. The maximum atomic E-state index is 12.2. The molecule has 1 heterocycles. The van der Waals surface area contributed by atoms with Crippen LogP contribution in [0.1, 0.15) is 24.8 Å². The number of para-hydroxylation sites is 1. The fourth-order valence-corrected chi connectivity index (χ4v) is 3.29. The number of benzene rings is 1. The van der Waals surface area contributed by atoms with Gasteiger partial charge in [-0.05, 0) is 37.3 Å². The fourth-order valence-electron chi connectivity index (χ4n) is 3.29. The first-order valence-electron chi connectivity index (χ1n) is 8.98. The van der Waals surface area contributed by atoms with Gasteiger partial charge in [-0.25, -0.2) is 0 Å². The Morgan fingerprint density at radius 1 is 1.20 bits per heavy atom. The topological polar surface area (TPSA) is 76.7 Å². The molecule has 1 saturated heterocycles. The van der Waals surface area contributed by atoms with Crippen molar-refractivity contribution in [2.45, 2.75) is 31.8 Å². The van der Waals surface area contributed by atoms with E-state index < -0.39 is 0 Å². The molecular weight excluding hydrogens is 320 g/mol. The molecule has 1 aromatic rings. The third-order valence-corrected chi connectivity index (χ3v) is 4.88. The van der Waals surface area contributed by atoms with Crippen molar-refractivity contribution >= 4 is 11.8 Å². The summed E-state index contributed by atoms with van der Waals surface area (Å²) in [5.74, 6) is 0.386. The summed E-state index contributed by atoms with van der Waals surface area (Å²) in [6.45, 7) is 1.87. The van der Waals surface area contributed by atoms with Crippen LogP contribution in [-0.4, -0.2) is 44.7 Å². The van der Waals surface area contributed by atoms with Crippen molar-refractivity contribution < 1.29 is 19.1 Å². The molecule has 6 nitrogen and oxygen atoms in total. The van der Waals surface area contributed by atoms with Crippen LogP contribution in [0.25, 0.3) is 0 Å². The Balaban J connectivity index is 1.36. The van der Waals surface area contributed by atoms with Gasteiger partial charge in [0.1, 0.15) is 5.75 Å². The quantitative estimate of drug-likeness (QED) is 0.744. The highest BCUT2D eigenvalue weighted by molar-refractivity contribution is 5.92. The third-order valence-electron chi connectivity index (χ3n) is 4.88. The Morgan fingerprint density at radius 2 is 1.96 bits per heavy atom. The lowest BCUT2D eigenvalue weighted by Crippen LogP contribution is -2.35. The molecule has 25 heavy (non-hydrogen) atoms. The van der Waals surface area contributed by atoms with Gasteiger partial charge < -0.3 is 20.1 Å². The first-order valence-corrected chi connectivity index (χ1v) is 8.98. The van der Waals surface area contributed by atoms with E-state index in [0.29, 0.717) is 25.9 Å². The van der Waals surface area contributed by atoms with Gasteiger partial charge in [0.15, 0.2) is 0 Å². The minimum atomic E-state index is -0.192. The molecule has 6 heteroatoms. The molecule has 0 aromatic heterocycles. The molecule has 0 radical (unpaired) electrons. The molecule has 2 N–H and O–H groups in total. The third kappa shape index (κ3) is 4.72. The van der Waals surface area contributed by atoms with Gasteiger partial charge >= 0.3 is 0 Å². The average Bonchev–Trinajstić information content (AvgIpc) is 3.27. The second-order valence-electron chi connectivity index (χ2n) is 6.68. The SMILES string of the molecule is COc1ccccc1CCNC(=O)C1CC1C(=O)NCC1CCCO1. The van der Waals surface area contributed by atoms with Gasteiger partial charge in [-0.15, -0.1) is 0 Å². The van der Waals surface area contributed by atoms with E-state index in [9.17, 15) is 9.59 Å². The molecule has 1 aliphatic carbocycles. The molecule has 1 aliphatic heterocycles. The van der Waals surface area contributed by atoms with Crippen LogP contribution in [0.5, 0.6) is 5.75 Å². The Hall–Kier alpha value is -2.08. The average molecular weight is 346 g/mol. The highest BCUT2D eigenvalue weighted by Crippen LogP contribution is 2.38. The van der Waals surface area contributed by atoms with Crippen molar-refractivity contribution in [2.75, 3.05) is 26.8 Å². The zero-order chi connectivity index (χ0) is 17.6. The number of rotatable bonds is 8. The second kappa shape index (κ2) is 8.34. The van der Waals surface area contributed by atoms with Crippen molar-refractivity contribution in [1.29, 1.82) is 0 Å². The molecule has 136 valence electrons. The van der Waals surface area contributed by atoms with Crippen molar-refractivity contribution in [3.8, 4) is 5.75 Å². The minimum Gasteiger partial charge on any atom is -0.496 e. The number of ether oxygens (including phenoxy) is 2. The van der Waals surface area contributed by atoms with Gasteiger partial charge in [0.05, 0.1) is 25.0 Å². The zero-order valence-corrected chi connectivity index (χ0v) is 14.6. The van der Waals surface area contributed by atoms with E-state index in [4.69, 9.17) is 9.47 Å². The first-order chi connectivity index (χ1) is 12.2. The van der Waals surface area contributed by atoms with Gasteiger partial charge in [0.25, 0.3) is 0 Å². The van der Waals surface area contributed by atoms with E-state index >= 15 is 0 Å². The molecule has 0 bridgehead atoms. The number of amides is 2. The Bertz CT molecular complexity index is 613. The Morgan fingerprint density at radius 3 is 2.68 bits per heavy atom. The number of carbonyl (C=O) groups excluding carboxylic acids is 2. The van der Waals surface area contributed by atoms with Crippen LogP contribution in [0.15, 0.2) is 24.3 Å². The van der Waals surface area contributed by atoms with Crippen molar-refractivity contribution in [1.82, 2.24) is 10.6 Å². The standard InChI is InChI=1S/C19H26N2O4/c1-24-17-7-3-2-5-13(17)8-9-20-18(22)15-11-16(15)19(23)21-12-14-6-4-10-25-14/h2-3,5,7,14-16H,4,6,8-12H2,1H3,(H,20,22)(H,21,23). The molecule has 0 spiro atoms. The summed E-state index contributed by atoms with van der Waals surface area (Å²) in [7, 11) is 1.64. The molecule has 3 atom stereocenters. The summed E-state index contributed by atoms with van der Waals surface area (Å²) in [5.41, 5.74) is 1.06. The summed E-state index contributed by atoms with van der Waals surface area (Å²) in [4.78, 5) is 24.3. The number of carbonyl (C=O) groups is 2. The molecule has 1 saturated carbocycles. The van der Waals surface area contributed by atoms with E-state index in [1.807, 2.05) is 24.3 Å². The van der Waals surface area contributed by atoms with Crippen LogP contribution in [-0.2, 0) is 20.7 Å². The monoisotopic (exact) mass is 346 g/mol. The maximum Gasteiger partial charge on any atom is 0.224 e. The van der Waals surface area contributed by atoms with Crippen LogP contribution >= 0.6 is 0 Å². The molecule has 3 rings (SSSR count). The Labute approximate surface area is 148 Å². The normalized spacial score (nSPS) is 24.6. The van der Waals surface area contributed by atoms with E-state index in [1.165, 1.54) is 0 Å². The maximum absolute atomic E-state index is 12.2. The van der Waals surface area contributed by atoms with Crippen LogP contribution in [0, 0.1) is 11.8 Å². The summed E-state index contributed by atoms with van der Waals surface area (Å²) in [6.07, 6.45) is 3.53. The van der Waals surface area contributed by atoms with Gasteiger partial charge in [-0.2, -0.15) is 0 Å². The van der Waals surface area contributed by atoms with Gasteiger partial charge in [0.2, 0.25) is 11.8 Å². The van der Waals surface area contributed by atoms with E-state index in [0.717, 1.165) is 30.8 Å². The summed E-state index contributed by atoms with van der Waals surface area (Å²) < 4.78 is 10.8. The second-order valence-corrected chi connectivity index (χ2v) is 6.68. The van der Waals surface area contributed by atoms with Crippen LogP contribution in [0.2, 0.25) is 0 Å². The summed E-state index contributed by atoms with van der Waals surface area (Å²) >= 11 is 0. The molecule has 3 unspecified atom stereocenters. The lowest BCUT2D eigenvalue weighted by Gasteiger charge is -2.11. The predicted molar refractivity (Wildman–Crippen MR) is 93.3 cm³/mol. The Kier molecular flexibility index (Phi) is 5.91. The molecular formula is C19H26N2O4. The highest BCUT2D eigenvalue weighted by Gasteiger charge is 2.47. The zero-order valence-electron chi connectivity index (χ0n) is 14.6. The van der Waals surface area contributed by atoms with Gasteiger partial charge in [-0.1, -0.05) is 18.2 Å². The molecule has 2 amide bonds. The number of nitrogens with one attached hydrogen (secondary N) is 2. The summed E-state index contributed by atoms with van der Waals surface area (Å²) in [5, 5.41) is 5.84. The predicted octanol–water partition coefficient (Wildman–Crippen LogP) is 1.29. The molecule has 1 aromatic carbocycles. The van der Waals surface area contributed by atoms with Gasteiger partial charge in [-0.3, -0.25) is 9.59 Å². The number of methoxy groups -OCH3 is 1. The van der Waals surface area contributed by atoms with Crippen LogP contribution < -0.4 is 15.4 Å². The largest absolute Gasteiger partial charge is 0.496 e.